The Balaban J connectivity index is 1.67. The van der Waals surface area contributed by atoms with Crippen LogP contribution in [0.3, 0.4) is 0 Å². The lowest BCUT2D eigenvalue weighted by atomic mass is 9.99. The van der Waals surface area contributed by atoms with E-state index in [0.29, 0.717) is 36.3 Å². The number of amides is 1. The lowest BCUT2D eigenvalue weighted by Crippen LogP contribution is -2.37. The molecule has 9 heteroatoms. The second-order valence-electron chi connectivity index (χ2n) is 6.29. The summed E-state index contributed by atoms with van der Waals surface area (Å²) in [5, 5.41) is 7.02. The van der Waals surface area contributed by atoms with Crippen LogP contribution in [0.2, 0.25) is 0 Å². The van der Waals surface area contributed by atoms with Crippen LogP contribution in [-0.4, -0.2) is 52.1 Å². The molecule has 0 atom stereocenters. The third-order valence-corrected chi connectivity index (χ3v) is 5.53. The Morgan fingerprint density at radius 3 is 2.63 bits per heavy atom. The maximum absolute atomic E-state index is 12.7. The van der Waals surface area contributed by atoms with Crippen molar-refractivity contribution in [3.05, 3.63) is 33.7 Å². The van der Waals surface area contributed by atoms with Crippen LogP contribution in [0.5, 0.6) is 11.5 Å². The summed E-state index contributed by atoms with van der Waals surface area (Å²) in [5.74, 6) is 1.65. The van der Waals surface area contributed by atoms with Crippen molar-refractivity contribution in [2.45, 2.75) is 38.0 Å². The SMILES string of the molecule is CCCn1c(SCC(=O)N2CCc3cc(OC)c(OC)cc3C2)n[nH]c1=O. The Morgan fingerprint density at radius 1 is 1.26 bits per heavy atom. The lowest BCUT2D eigenvalue weighted by Gasteiger charge is -2.29. The van der Waals surface area contributed by atoms with Crippen molar-refractivity contribution in [3.63, 3.8) is 0 Å². The van der Waals surface area contributed by atoms with E-state index in [4.69, 9.17) is 9.47 Å². The van der Waals surface area contributed by atoms with Gasteiger partial charge in [-0.1, -0.05) is 18.7 Å². The highest BCUT2D eigenvalue weighted by atomic mass is 32.2. The van der Waals surface area contributed by atoms with E-state index in [-0.39, 0.29) is 17.3 Å². The number of nitrogens with one attached hydrogen (secondary N) is 1. The number of benzene rings is 1. The van der Waals surface area contributed by atoms with Crippen LogP contribution in [0.15, 0.2) is 22.1 Å². The lowest BCUT2D eigenvalue weighted by molar-refractivity contribution is -0.129. The number of carbonyl (C=O) groups is 1. The predicted octanol–water partition coefficient (Wildman–Crippen LogP) is 1.68. The number of fused-ring (bicyclic) bond motifs is 1. The third-order valence-electron chi connectivity index (χ3n) is 4.57. The first-order valence-corrected chi connectivity index (χ1v) is 9.85. The first kappa shape index (κ1) is 19.3. The zero-order valence-electron chi connectivity index (χ0n) is 15.8. The van der Waals surface area contributed by atoms with E-state index >= 15 is 0 Å². The number of hydrogen-bond donors (Lipinski definition) is 1. The molecule has 1 aliphatic heterocycles. The molecule has 0 saturated heterocycles. The molecule has 0 saturated carbocycles. The van der Waals surface area contributed by atoms with Crippen molar-refractivity contribution in [2.24, 2.45) is 0 Å². The number of rotatable bonds is 7. The van der Waals surface area contributed by atoms with Gasteiger partial charge in [-0.15, -0.1) is 5.10 Å². The number of carbonyl (C=O) groups excluding carboxylic acids is 1. The molecule has 1 N–H and O–H groups in total. The molecule has 2 heterocycles. The zero-order chi connectivity index (χ0) is 19.4. The van der Waals surface area contributed by atoms with Gasteiger partial charge in [-0.05, 0) is 36.1 Å². The zero-order valence-corrected chi connectivity index (χ0v) is 16.6. The molecule has 1 aromatic heterocycles. The summed E-state index contributed by atoms with van der Waals surface area (Å²) in [7, 11) is 3.22. The standard InChI is InChI=1S/C18H24N4O4S/c1-4-6-22-17(24)19-20-18(22)27-11-16(23)21-7-5-12-8-14(25-2)15(26-3)9-13(12)10-21/h8-9H,4-7,10-11H2,1-3H3,(H,19,24). The highest BCUT2D eigenvalue weighted by Crippen LogP contribution is 2.33. The molecule has 0 aliphatic carbocycles. The van der Waals surface area contributed by atoms with Crippen molar-refractivity contribution in [2.75, 3.05) is 26.5 Å². The number of methoxy groups -OCH3 is 2. The van der Waals surface area contributed by atoms with E-state index in [2.05, 4.69) is 10.2 Å². The van der Waals surface area contributed by atoms with Crippen molar-refractivity contribution in [3.8, 4) is 11.5 Å². The summed E-state index contributed by atoms with van der Waals surface area (Å²) in [5.41, 5.74) is 2.01. The Kier molecular flexibility index (Phi) is 6.10. The number of aromatic amines is 1. The number of ether oxygens (including phenoxy) is 2. The van der Waals surface area contributed by atoms with E-state index in [9.17, 15) is 9.59 Å². The molecule has 146 valence electrons. The fraction of sp³-hybridized carbons (Fsp3) is 0.500. The minimum atomic E-state index is -0.236. The first-order valence-electron chi connectivity index (χ1n) is 8.86. The Hall–Kier alpha value is -2.42. The van der Waals surface area contributed by atoms with Crippen molar-refractivity contribution >= 4 is 17.7 Å². The van der Waals surface area contributed by atoms with Crippen molar-refractivity contribution in [1.82, 2.24) is 19.7 Å². The van der Waals surface area contributed by atoms with Gasteiger partial charge in [0.2, 0.25) is 5.91 Å². The Labute approximate surface area is 161 Å². The molecular weight excluding hydrogens is 368 g/mol. The topological polar surface area (TPSA) is 89.4 Å². The number of H-pyrrole nitrogens is 1. The molecule has 0 spiro atoms. The summed E-state index contributed by atoms with van der Waals surface area (Å²) in [4.78, 5) is 26.2. The molecule has 27 heavy (non-hydrogen) atoms. The average molecular weight is 392 g/mol. The number of thioether (sulfide) groups is 1. The number of aromatic nitrogens is 3. The number of hydrogen-bond acceptors (Lipinski definition) is 6. The fourth-order valence-electron chi connectivity index (χ4n) is 3.15. The molecular formula is C18H24N4O4S. The molecule has 0 bridgehead atoms. The summed E-state index contributed by atoms with van der Waals surface area (Å²) in [6, 6.07) is 3.92. The largest absolute Gasteiger partial charge is 0.493 e. The normalized spacial score (nSPS) is 13.4. The van der Waals surface area contributed by atoms with Gasteiger partial charge < -0.3 is 14.4 Å². The van der Waals surface area contributed by atoms with Crippen LogP contribution in [0.25, 0.3) is 0 Å². The van der Waals surface area contributed by atoms with E-state index in [0.717, 1.165) is 18.4 Å². The van der Waals surface area contributed by atoms with Crippen molar-refractivity contribution in [1.29, 1.82) is 0 Å². The van der Waals surface area contributed by atoms with Gasteiger partial charge in [-0.25, -0.2) is 9.89 Å². The maximum atomic E-state index is 12.7. The summed E-state index contributed by atoms with van der Waals surface area (Å²) >= 11 is 1.29. The molecule has 1 aliphatic rings. The molecule has 8 nitrogen and oxygen atoms in total. The van der Waals surface area contributed by atoms with Gasteiger partial charge >= 0.3 is 5.69 Å². The minimum Gasteiger partial charge on any atom is -0.493 e. The van der Waals surface area contributed by atoms with Crippen molar-refractivity contribution < 1.29 is 14.3 Å². The molecule has 3 rings (SSSR count). The van der Waals surface area contributed by atoms with Gasteiger partial charge in [0.25, 0.3) is 0 Å². The van der Waals surface area contributed by atoms with Crippen LogP contribution < -0.4 is 15.2 Å². The van der Waals surface area contributed by atoms with E-state index in [1.807, 2.05) is 24.0 Å². The van der Waals surface area contributed by atoms with Crippen LogP contribution in [0.1, 0.15) is 24.5 Å². The highest BCUT2D eigenvalue weighted by Gasteiger charge is 2.23. The quantitative estimate of drug-likeness (QED) is 0.721. The summed E-state index contributed by atoms with van der Waals surface area (Å²) in [6.45, 7) is 3.78. The average Bonchev–Trinajstić information content (AvgIpc) is 3.04. The van der Waals surface area contributed by atoms with Gasteiger partial charge in [-0.2, -0.15) is 0 Å². The molecule has 0 radical (unpaired) electrons. The van der Waals surface area contributed by atoms with E-state index in [1.54, 1.807) is 18.8 Å². The van der Waals surface area contributed by atoms with Crippen LogP contribution in [-0.2, 0) is 24.3 Å². The summed E-state index contributed by atoms with van der Waals surface area (Å²) in [6.07, 6.45) is 1.60. The predicted molar refractivity (Wildman–Crippen MR) is 103 cm³/mol. The van der Waals surface area contributed by atoms with E-state index in [1.165, 1.54) is 17.3 Å². The molecule has 1 aromatic carbocycles. The molecule has 0 fully saturated rings. The van der Waals surface area contributed by atoms with Crippen LogP contribution in [0, 0.1) is 0 Å². The minimum absolute atomic E-state index is 0.0268. The van der Waals surface area contributed by atoms with Crippen LogP contribution >= 0.6 is 11.8 Å². The smallest absolute Gasteiger partial charge is 0.343 e. The van der Waals surface area contributed by atoms with Gasteiger partial charge in [0.15, 0.2) is 16.7 Å². The molecule has 0 unspecified atom stereocenters. The first-order chi connectivity index (χ1) is 13.1. The highest BCUT2D eigenvalue weighted by molar-refractivity contribution is 7.99. The fourth-order valence-corrected chi connectivity index (χ4v) is 4.02. The monoisotopic (exact) mass is 392 g/mol. The van der Waals surface area contributed by atoms with Gasteiger partial charge in [0.05, 0.1) is 20.0 Å². The molecule has 1 amide bonds. The maximum Gasteiger partial charge on any atom is 0.343 e. The second-order valence-corrected chi connectivity index (χ2v) is 7.24. The molecule has 2 aromatic rings. The van der Waals surface area contributed by atoms with E-state index < -0.39 is 0 Å². The second kappa shape index (κ2) is 8.51. The van der Waals surface area contributed by atoms with Crippen LogP contribution in [0.4, 0.5) is 0 Å². The van der Waals surface area contributed by atoms with Gasteiger partial charge in [0.1, 0.15) is 0 Å². The third kappa shape index (κ3) is 4.13. The summed E-state index contributed by atoms with van der Waals surface area (Å²) < 4.78 is 12.3. The number of nitrogens with zero attached hydrogens (tertiary/aromatic N) is 3. The Morgan fingerprint density at radius 2 is 1.96 bits per heavy atom. The van der Waals surface area contributed by atoms with Gasteiger partial charge in [-0.3, -0.25) is 9.36 Å². The Bertz CT molecular complexity index is 877. The van der Waals surface area contributed by atoms with Gasteiger partial charge in [0, 0.05) is 19.6 Å².